The van der Waals surface area contributed by atoms with Gasteiger partial charge in [-0.05, 0) is 49.4 Å². The van der Waals surface area contributed by atoms with E-state index in [4.69, 9.17) is 16.3 Å². The van der Waals surface area contributed by atoms with Crippen LogP contribution in [0.3, 0.4) is 0 Å². The predicted octanol–water partition coefficient (Wildman–Crippen LogP) is 5.21. The molecule has 2 aliphatic heterocycles. The van der Waals surface area contributed by atoms with Crippen molar-refractivity contribution >= 4 is 63.8 Å². The Balaban J connectivity index is 1.37. The number of nitrogens with one attached hydrogen (secondary N) is 2. The first-order chi connectivity index (χ1) is 19.3. The second kappa shape index (κ2) is 10.6. The molecule has 202 valence electrons. The number of aromatic amines is 1. The fourth-order valence-corrected chi connectivity index (χ4v) is 7.74. The van der Waals surface area contributed by atoms with Crippen LogP contribution in [0.1, 0.15) is 21.9 Å². The summed E-state index contributed by atoms with van der Waals surface area (Å²) in [4.78, 5) is 57.1. The number of hydrogen-bond acceptors (Lipinski definition) is 7. The number of aromatic nitrogens is 1. The number of ether oxygens (including phenoxy) is 1. The maximum atomic E-state index is 14.0. The van der Waals surface area contributed by atoms with Crippen molar-refractivity contribution in [2.45, 2.75) is 23.1 Å². The van der Waals surface area contributed by atoms with Crippen LogP contribution in [0.2, 0.25) is 5.02 Å². The highest BCUT2D eigenvalue weighted by molar-refractivity contribution is 8.00. The van der Waals surface area contributed by atoms with E-state index in [2.05, 4.69) is 10.3 Å². The lowest BCUT2D eigenvalue weighted by molar-refractivity contribution is -0.122. The number of benzene rings is 3. The Kier molecular flexibility index (Phi) is 6.99. The molecular formula is C29H22ClN3O5S2. The number of nitrogens with zero attached hydrogens (tertiary/aromatic N) is 1. The zero-order valence-electron chi connectivity index (χ0n) is 21.1. The fraction of sp³-hybridized carbons (Fsp3) is 0.172. The lowest BCUT2D eigenvalue weighted by atomic mass is 9.82. The number of carbonyl (C=O) groups excluding carboxylic acids is 3. The molecular weight excluding hydrogens is 570 g/mol. The van der Waals surface area contributed by atoms with Crippen LogP contribution in [0.15, 0.2) is 82.6 Å². The standard InChI is InChI=1S/C29H22ClN3O5S2/c1-15-7-10-18(11-8-15)33-27(35)23-22(24-26(32-29(37)40-24)39-25(23)28(33)36)19-13-16(30)9-12-20(19)38-14-21(34)31-17-5-3-2-4-6-17/h2-13,22-23,25H,14H2,1H3,(H,31,34)(H,32,37)/t22-,23?,25?/m1/s1. The first-order valence-corrected chi connectivity index (χ1v) is 14.5. The van der Waals surface area contributed by atoms with Crippen molar-refractivity contribution in [2.24, 2.45) is 5.92 Å². The Labute approximate surface area is 242 Å². The van der Waals surface area contributed by atoms with Crippen LogP contribution in [0.4, 0.5) is 11.4 Å². The third kappa shape index (κ3) is 4.83. The van der Waals surface area contributed by atoms with E-state index < -0.39 is 17.1 Å². The number of fused-ring (bicyclic) bond motifs is 2. The van der Waals surface area contributed by atoms with Crippen molar-refractivity contribution in [1.29, 1.82) is 0 Å². The monoisotopic (exact) mass is 591 g/mol. The van der Waals surface area contributed by atoms with E-state index in [0.717, 1.165) is 16.9 Å². The largest absolute Gasteiger partial charge is 0.483 e. The number of aryl methyl sites for hydroxylation is 1. The molecule has 4 aromatic rings. The van der Waals surface area contributed by atoms with Gasteiger partial charge in [-0.3, -0.25) is 19.2 Å². The third-order valence-corrected chi connectivity index (χ3v) is 9.48. The van der Waals surface area contributed by atoms with E-state index >= 15 is 0 Å². The van der Waals surface area contributed by atoms with E-state index in [0.29, 0.717) is 37.6 Å². The summed E-state index contributed by atoms with van der Waals surface area (Å²) >= 11 is 8.61. The summed E-state index contributed by atoms with van der Waals surface area (Å²) in [5, 5.41) is 2.95. The van der Waals surface area contributed by atoms with E-state index in [1.165, 1.54) is 16.7 Å². The highest BCUT2D eigenvalue weighted by Gasteiger charge is 2.56. The smallest absolute Gasteiger partial charge is 0.305 e. The highest BCUT2D eigenvalue weighted by Crippen LogP contribution is 2.54. The third-order valence-electron chi connectivity index (χ3n) is 6.84. The molecule has 0 spiro atoms. The van der Waals surface area contributed by atoms with Gasteiger partial charge in [-0.2, -0.15) is 0 Å². The Morgan fingerprint density at radius 2 is 1.77 bits per heavy atom. The number of halogens is 1. The molecule has 3 aromatic carbocycles. The molecule has 2 N–H and O–H groups in total. The fourth-order valence-electron chi connectivity index (χ4n) is 5.06. The molecule has 0 aliphatic carbocycles. The Morgan fingerprint density at radius 3 is 2.52 bits per heavy atom. The van der Waals surface area contributed by atoms with Crippen LogP contribution < -0.4 is 19.8 Å². The van der Waals surface area contributed by atoms with Crippen molar-refractivity contribution < 1.29 is 19.1 Å². The van der Waals surface area contributed by atoms with E-state index in [-0.39, 0.29) is 29.2 Å². The molecule has 8 nitrogen and oxygen atoms in total. The Morgan fingerprint density at radius 1 is 1.02 bits per heavy atom. The lowest BCUT2D eigenvalue weighted by Crippen LogP contribution is -2.32. The summed E-state index contributed by atoms with van der Waals surface area (Å²) in [5.74, 6) is -2.24. The van der Waals surface area contributed by atoms with Crippen LogP contribution in [-0.4, -0.2) is 34.6 Å². The van der Waals surface area contributed by atoms with Gasteiger partial charge in [-0.15, -0.1) is 0 Å². The Bertz CT molecular complexity index is 1690. The number of imide groups is 1. The van der Waals surface area contributed by atoms with Gasteiger partial charge in [0.05, 0.1) is 16.6 Å². The molecule has 11 heteroatoms. The van der Waals surface area contributed by atoms with Gasteiger partial charge in [0.15, 0.2) is 6.61 Å². The second-order valence-corrected chi connectivity index (χ2v) is 12.1. The number of rotatable bonds is 6. The molecule has 1 saturated heterocycles. The van der Waals surface area contributed by atoms with Crippen LogP contribution in [0, 0.1) is 12.8 Å². The molecule has 0 saturated carbocycles. The van der Waals surface area contributed by atoms with Gasteiger partial charge in [-0.1, -0.05) is 70.6 Å². The lowest BCUT2D eigenvalue weighted by Gasteiger charge is -2.31. The first kappa shape index (κ1) is 26.4. The minimum absolute atomic E-state index is 0.288. The number of anilines is 2. The van der Waals surface area contributed by atoms with Crippen LogP contribution in [0.25, 0.3) is 0 Å². The number of carbonyl (C=O) groups is 3. The van der Waals surface area contributed by atoms with Gasteiger partial charge >= 0.3 is 4.87 Å². The summed E-state index contributed by atoms with van der Waals surface area (Å²) < 4.78 is 5.97. The SMILES string of the molecule is Cc1ccc(N2C(=O)C3Sc4[nH]c(=O)sc4[C@H](c4cc(Cl)ccc4OCC(=O)Nc4ccccc4)C3C2=O)cc1. The van der Waals surface area contributed by atoms with Crippen molar-refractivity contribution in [1.82, 2.24) is 4.98 Å². The number of H-pyrrole nitrogens is 1. The Hall–Kier alpha value is -3.86. The molecule has 0 bridgehead atoms. The van der Waals surface area contributed by atoms with Crippen LogP contribution in [-0.2, 0) is 14.4 Å². The number of thiazole rings is 1. The topological polar surface area (TPSA) is 109 Å². The van der Waals surface area contributed by atoms with E-state index in [1.807, 2.05) is 37.3 Å². The number of hydrogen-bond donors (Lipinski definition) is 2. The van der Waals surface area contributed by atoms with Gasteiger partial charge in [0.2, 0.25) is 11.8 Å². The molecule has 3 amide bonds. The zero-order chi connectivity index (χ0) is 28.0. The van der Waals surface area contributed by atoms with E-state index in [9.17, 15) is 19.2 Å². The number of thioether (sulfide) groups is 1. The normalized spacial score (nSPS) is 19.8. The average Bonchev–Trinajstić information content (AvgIpc) is 3.43. The summed E-state index contributed by atoms with van der Waals surface area (Å²) in [5.41, 5.74) is 2.65. The van der Waals surface area contributed by atoms with Gasteiger partial charge < -0.3 is 15.0 Å². The highest BCUT2D eigenvalue weighted by atomic mass is 35.5. The molecule has 40 heavy (non-hydrogen) atoms. The van der Waals surface area contributed by atoms with Crippen molar-refractivity contribution in [3.05, 3.63) is 103 Å². The number of amides is 3. The van der Waals surface area contributed by atoms with Crippen LogP contribution in [0.5, 0.6) is 5.75 Å². The van der Waals surface area contributed by atoms with Gasteiger partial charge in [0.1, 0.15) is 11.0 Å². The summed E-state index contributed by atoms with van der Waals surface area (Å²) in [7, 11) is 0. The maximum Gasteiger partial charge on any atom is 0.305 e. The summed E-state index contributed by atoms with van der Waals surface area (Å²) in [6, 6.07) is 21.1. The maximum absolute atomic E-state index is 14.0. The molecule has 1 aromatic heterocycles. The van der Waals surface area contributed by atoms with Crippen molar-refractivity contribution in [3.8, 4) is 5.75 Å². The van der Waals surface area contributed by atoms with Gasteiger partial charge in [-0.25, -0.2) is 4.90 Å². The molecule has 3 atom stereocenters. The van der Waals surface area contributed by atoms with Gasteiger partial charge in [0.25, 0.3) is 5.91 Å². The predicted molar refractivity (Wildman–Crippen MR) is 156 cm³/mol. The van der Waals surface area contributed by atoms with Crippen LogP contribution >= 0.6 is 34.7 Å². The summed E-state index contributed by atoms with van der Waals surface area (Å²) in [6.07, 6.45) is 0. The zero-order valence-corrected chi connectivity index (χ0v) is 23.4. The average molecular weight is 592 g/mol. The molecule has 0 radical (unpaired) electrons. The molecule has 1 fully saturated rings. The molecule has 3 heterocycles. The number of para-hydroxylation sites is 1. The van der Waals surface area contributed by atoms with Gasteiger partial charge in [0, 0.05) is 27.1 Å². The molecule has 2 aliphatic rings. The van der Waals surface area contributed by atoms with Crippen molar-refractivity contribution in [3.63, 3.8) is 0 Å². The summed E-state index contributed by atoms with van der Waals surface area (Å²) in [6.45, 7) is 1.63. The first-order valence-electron chi connectivity index (χ1n) is 12.4. The molecule has 6 rings (SSSR count). The van der Waals surface area contributed by atoms with E-state index in [1.54, 1.807) is 42.5 Å². The van der Waals surface area contributed by atoms with Crippen molar-refractivity contribution in [2.75, 3.05) is 16.8 Å². The minimum atomic E-state index is -0.809. The quantitative estimate of drug-likeness (QED) is 0.298. The minimum Gasteiger partial charge on any atom is -0.483 e. The molecule has 2 unspecified atom stereocenters. The second-order valence-electron chi connectivity index (χ2n) is 9.48.